The maximum absolute atomic E-state index is 5.88. The third kappa shape index (κ3) is 2.96. The van der Waals surface area contributed by atoms with E-state index in [4.69, 9.17) is 4.74 Å². The Morgan fingerprint density at radius 1 is 1.42 bits per heavy atom. The summed E-state index contributed by atoms with van der Waals surface area (Å²) in [6, 6.07) is 8.64. The molecular formula is C19H26N6O. The van der Waals surface area contributed by atoms with Gasteiger partial charge in [-0.05, 0) is 18.1 Å². The maximum atomic E-state index is 5.88. The first kappa shape index (κ1) is 17.0. The van der Waals surface area contributed by atoms with Gasteiger partial charge >= 0.3 is 0 Å². The molecule has 3 N–H and O–H groups in total. The summed E-state index contributed by atoms with van der Waals surface area (Å²) in [5.41, 5.74) is 2.32. The SMILES string of the molecule is CN=C(NCc1cccc(-c2ncn[nH]2)c1)NC1C2CCOC2C1(C)C. The van der Waals surface area contributed by atoms with Crippen LogP contribution in [-0.4, -0.2) is 46.9 Å². The van der Waals surface area contributed by atoms with Crippen molar-refractivity contribution >= 4 is 5.96 Å². The molecule has 1 aliphatic heterocycles. The minimum absolute atomic E-state index is 0.130. The number of hydrogen-bond donors (Lipinski definition) is 3. The number of aromatic nitrogens is 3. The largest absolute Gasteiger partial charge is 0.377 e. The molecule has 4 rings (SSSR count). The molecule has 138 valence electrons. The summed E-state index contributed by atoms with van der Waals surface area (Å²) < 4.78 is 5.88. The van der Waals surface area contributed by atoms with Gasteiger partial charge in [-0.1, -0.05) is 32.0 Å². The number of hydrogen-bond acceptors (Lipinski definition) is 4. The highest BCUT2D eigenvalue weighted by molar-refractivity contribution is 5.80. The van der Waals surface area contributed by atoms with E-state index in [0.29, 0.717) is 24.6 Å². The first-order valence-corrected chi connectivity index (χ1v) is 9.13. The number of nitrogens with one attached hydrogen (secondary N) is 3. The fraction of sp³-hybridized carbons (Fsp3) is 0.526. The molecule has 2 fully saturated rings. The third-order valence-electron chi connectivity index (χ3n) is 5.69. The number of H-pyrrole nitrogens is 1. The first-order chi connectivity index (χ1) is 12.6. The van der Waals surface area contributed by atoms with Crippen molar-refractivity contribution in [3.63, 3.8) is 0 Å². The molecule has 1 aromatic heterocycles. The van der Waals surface area contributed by atoms with Gasteiger partial charge in [-0.3, -0.25) is 10.1 Å². The highest BCUT2D eigenvalue weighted by Crippen LogP contribution is 2.52. The van der Waals surface area contributed by atoms with Crippen LogP contribution in [0.15, 0.2) is 35.6 Å². The number of benzene rings is 1. The molecule has 7 nitrogen and oxygen atoms in total. The lowest BCUT2D eigenvalue weighted by Crippen LogP contribution is -2.67. The van der Waals surface area contributed by atoms with Crippen molar-refractivity contribution in [1.29, 1.82) is 0 Å². The number of guanidine groups is 1. The number of nitrogens with zero attached hydrogens (tertiary/aromatic N) is 3. The van der Waals surface area contributed by atoms with E-state index >= 15 is 0 Å². The minimum atomic E-state index is 0.130. The second-order valence-electron chi connectivity index (χ2n) is 7.65. The molecule has 0 amide bonds. The average molecular weight is 354 g/mol. The smallest absolute Gasteiger partial charge is 0.191 e. The fourth-order valence-corrected chi connectivity index (χ4v) is 4.32. The van der Waals surface area contributed by atoms with E-state index < -0.39 is 0 Å². The summed E-state index contributed by atoms with van der Waals surface area (Å²) in [6.07, 6.45) is 3.02. The zero-order chi connectivity index (χ0) is 18.1. The Morgan fingerprint density at radius 2 is 2.31 bits per heavy atom. The van der Waals surface area contributed by atoms with Gasteiger partial charge in [0.2, 0.25) is 0 Å². The van der Waals surface area contributed by atoms with Crippen LogP contribution in [0.2, 0.25) is 0 Å². The Morgan fingerprint density at radius 3 is 3.08 bits per heavy atom. The normalized spacial score (nSPS) is 26.9. The van der Waals surface area contributed by atoms with Crippen LogP contribution in [0.25, 0.3) is 11.4 Å². The Balaban J connectivity index is 1.38. The van der Waals surface area contributed by atoms with E-state index in [1.807, 2.05) is 19.2 Å². The van der Waals surface area contributed by atoms with E-state index in [1.165, 1.54) is 6.33 Å². The molecule has 1 aliphatic carbocycles. The van der Waals surface area contributed by atoms with Crippen LogP contribution in [0, 0.1) is 11.3 Å². The second kappa shape index (κ2) is 6.72. The summed E-state index contributed by atoms with van der Waals surface area (Å²) in [6.45, 7) is 6.10. The van der Waals surface area contributed by atoms with Gasteiger partial charge in [-0.2, -0.15) is 5.10 Å². The lowest BCUT2D eigenvalue weighted by molar-refractivity contribution is -0.106. The van der Waals surface area contributed by atoms with E-state index in [-0.39, 0.29) is 5.41 Å². The molecule has 1 saturated heterocycles. The van der Waals surface area contributed by atoms with Crippen molar-refractivity contribution in [2.75, 3.05) is 13.7 Å². The van der Waals surface area contributed by atoms with Crippen LogP contribution in [0.5, 0.6) is 0 Å². The van der Waals surface area contributed by atoms with E-state index in [2.05, 4.69) is 56.8 Å². The first-order valence-electron chi connectivity index (χ1n) is 9.13. The molecule has 3 unspecified atom stereocenters. The van der Waals surface area contributed by atoms with Crippen LogP contribution >= 0.6 is 0 Å². The van der Waals surface area contributed by atoms with Crippen molar-refractivity contribution in [1.82, 2.24) is 25.8 Å². The molecule has 2 heterocycles. The zero-order valence-electron chi connectivity index (χ0n) is 15.5. The molecule has 1 saturated carbocycles. The lowest BCUT2D eigenvalue weighted by Gasteiger charge is -2.54. The van der Waals surface area contributed by atoms with Crippen LogP contribution < -0.4 is 10.6 Å². The molecule has 7 heteroatoms. The monoisotopic (exact) mass is 354 g/mol. The number of aromatic amines is 1. The summed E-state index contributed by atoms with van der Waals surface area (Å²) in [7, 11) is 1.81. The number of aliphatic imine (C=N–C) groups is 1. The Kier molecular flexibility index (Phi) is 4.40. The Hall–Kier alpha value is -2.41. The summed E-state index contributed by atoms with van der Waals surface area (Å²) in [4.78, 5) is 8.61. The van der Waals surface area contributed by atoms with Gasteiger partial charge in [-0.25, -0.2) is 4.98 Å². The summed E-state index contributed by atoms with van der Waals surface area (Å²) in [5.74, 6) is 2.19. The standard InChI is InChI=1S/C19H26N6O/c1-19(2)15(14-7-8-26-16(14)19)24-18(20-3)21-10-12-5-4-6-13(9-12)17-22-11-23-25-17/h4-6,9,11,14-16H,7-8,10H2,1-3H3,(H2,20,21,24)(H,22,23,25). The molecule has 0 radical (unpaired) electrons. The Bertz CT molecular complexity index is 785. The molecule has 0 bridgehead atoms. The molecule has 3 atom stereocenters. The van der Waals surface area contributed by atoms with Gasteiger partial charge in [0.1, 0.15) is 6.33 Å². The maximum Gasteiger partial charge on any atom is 0.191 e. The highest BCUT2D eigenvalue weighted by Gasteiger charge is 2.59. The average Bonchev–Trinajstić information content (AvgIpc) is 3.33. The summed E-state index contributed by atoms with van der Waals surface area (Å²) >= 11 is 0. The van der Waals surface area contributed by atoms with Crippen LogP contribution in [0.1, 0.15) is 25.8 Å². The van der Waals surface area contributed by atoms with Gasteiger partial charge in [0.25, 0.3) is 0 Å². The van der Waals surface area contributed by atoms with E-state index in [0.717, 1.165) is 35.9 Å². The van der Waals surface area contributed by atoms with Crippen molar-refractivity contribution < 1.29 is 4.74 Å². The van der Waals surface area contributed by atoms with Gasteiger partial charge in [0, 0.05) is 43.1 Å². The second-order valence-corrected chi connectivity index (χ2v) is 7.65. The highest BCUT2D eigenvalue weighted by atomic mass is 16.5. The predicted octanol–water partition coefficient (Wildman–Crippen LogP) is 1.95. The molecule has 0 spiro atoms. The van der Waals surface area contributed by atoms with Crippen molar-refractivity contribution in [2.45, 2.75) is 39.0 Å². The van der Waals surface area contributed by atoms with Crippen LogP contribution in [0.4, 0.5) is 0 Å². The molecule has 26 heavy (non-hydrogen) atoms. The van der Waals surface area contributed by atoms with Gasteiger partial charge in [0.05, 0.1) is 6.10 Å². The van der Waals surface area contributed by atoms with E-state index in [1.54, 1.807) is 0 Å². The van der Waals surface area contributed by atoms with Crippen molar-refractivity contribution in [3.8, 4) is 11.4 Å². The van der Waals surface area contributed by atoms with Crippen LogP contribution in [0.3, 0.4) is 0 Å². The molecule has 2 aliphatic rings. The van der Waals surface area contributed by atoms with Crippen LogP contribution in [-0.2, 0) is 11.3 Å². The minimum Gasteiger partial charge on any atom is -0.377 e. The number of ether oxygens (including phenoxy) is 1. The predicted molar refractivity (Wildman–Crippen MR) is 101 cm³/mol. The third-order valence-corrected chi connectivity index (χ3v) is 5.69. The van der Waals surface area contributed by atoms with E-state index in [9.17, 15) is 0 Å². The van der Waals surface area contributed by atoms with Crippen molar-refractivity contribution in [2.24, 2.45) is 16.3 Å². The van der Waals surface area contributed by atoms with Crippen molar-refractivity contribution in [3.05, 3.63) is 36.2 Å². The van der Waals surface area contributed by atoms with Gasteiger partial charge in [0.15, 0.2) is 11.8 Å². The van der Waals surface area contributed by atoms with Gasteiger partial charge in [-0.15, -0.1) is 0 Å². The number of rotatable bonds is 4. The Labute approximate surface area is 153 Å². The molecule has 2 aromatic rings. The summed E-state index contributed by atoms with van der Waals surface area (Å²) in [5, 5.41) is 13.8. The number of fused-ring (bicyclic) bond motifs is 1. The quantitative estimate of drug-likeness (QED) is 0.577. The topological polar surface area (TPSA) is 87.2 Å². The van der Waals surface area contributed by atoms with Gasteiger partial charge < -0.3 is 15.4 Å². The molecule has 1 aromatic carbocycles. The fourth-order valence-electron chi connectivity index (χ4n) is 4.32. The lowest BCUT2D eigenvalue weighted by atomic mass is 9.57. The zero-order valence-corrected chi connectivity index (χ0v) is 15.5. The molecular weight excluding hydrogens is 328 g/mol.